The number of piperidine rings is 1. The Hall–Kier alpha value is -0.0800. The molecule has 2 fully saturated rings. The molecule has 0 amide bonds. The van der Waals surface area contributed by atoms with Crippen molar-refractivity contribution in [2.45, 2.75) is 44.6 Å². The second-order valence-electron chi connectivity index (χ2n) is 4.93. The van der Waals surface area contributed by atoms with Crippen LogP contribution < -0.4 is 5.32 Å². The molecule has 76 valence electrons. The van der Waals surface area contributed by atoms with Gasteiger partial charge in [-0.15, -0.1) is 0 Å². The first-order valence-corrected chi connectivity index (χ1v) is 5.76. The van der Waals surface area contributed by atoms with E-state index in [1.165, 1.54) is 58.3 Å². The molecule has 2 heterocycles. The Morgan fingerprint density at radius 2 is 1.92 bits per heavy atom. The van der Waals surface area contributed by atoms with Crippen LogP contribution in [0.25, 0.3) is 0 Å². The van der Waals surface area contributed by atoms with Gasteiger partial charge in [-0.3, -0.25) is 0 Å². The van der Waals surface area contributed by atoms with E-state index in [1.807, 2.05) is 0 Å². The smallest absolute Gasteiger partial charge is 0.0280 e. The number of rotatable bonds is 2. The van der Waals surface area contributed by atoms with Crippen LogP contribution in [0.15, 0.2) is 0 Å². The Labute approximate surface area is 81.7 Å². The summed E-state index contributed by atoms with van der Waals surface area (Å²) in [4.78, 5) is 2.62. The molecular formula is C11H22N2. The van der Waals surface area contributed by atoms with Crippen LogP contribution in [0.1, 0.15) is 39.0 Å². The first kappa shape index (κ1) is 9.47. The standard InChI is InChI=1S/C11H22N2/c1-11(6-2-3-7-12-11)10-13-8-4-5-9-13/h12H,2-10H2,1H3. The van der Waals surface area contributed by atoms with Crippen molar-refractivity contribution in [3.05, 3.63) is 0 Å². The number of likely N-dealkylation sites (tertiary alicyclic amines) is 1. The molecule has 0 radical (unpaired) electrons. The van der Waals surface area contributed by atoms with Crippen molar-refractivity contribution in [1.82, 2.24) is 10.2 Å². The van der Waals surface area contributed by atoms with Crippen molar-refractivity contribution in [3.8, 4) is 0 Å². The van der Waals surface area contributed by atoms with Crippen LogP contribution in [0.4, 0.5) is 0 Å². The zero-order chi connectivity index (χ0) is 9.15. The van der Waals surface area contributed by atoms with Gasteiger partial charge in [0.1, 0.15) is 0 Å². The Bertz CT molecular complexity index is 155. The predicted molar refractivity (Wildman–Crippen MR) is 55.9 cm³/mol. The lowest BCUT2D eigenvalue weighted by Crippen LogP contribution is -2.53. The Balaban J connectivity index is 1.83. The highest BCUT2D eigenvalue weighted by Crippen LogP contribution is 2.21. The van der Waals surface area contributed by atoms with Gasteiger partial charge in [-0.2, -0.15) is 0 Å². The molecule has 2 aliphatic rings. The van der Waals surface area contributed by atoms with E-state index in [4.69, 9.17) is 0 Å². The van der Waals surface area contributed by atoms with E-state index in [0.717, 1.165) is 0 Å². The third-order valence-corrected chi connectivity index (χ3v) is 3.48. The van der Waals surface area contributed by atoms with E-state index in [9.17, 15) is 0 Å². The van der Waals surface area contributed by atoms with Crippen molar-refractivity contribution in [2.75, 3.05) is 26.2 Å². The van der Waals surface area contributed by atoms with Crippen molar-refractivity contribution in [2.24, 2.45) is 0 Å². The summed E-state index contributed by atoms with van der Waals surface area (Å²) >= 11 is 0. The van der Waals surface area contributed by atoms with Crippen molar-refractivity contribution >= 4 is 0 Å². The lowest BCUT2D eigenvalue weighted by molar-refractivity contribution is 0.187. The topological polar surface area (TPSA) is 15.3 Å². The van der Waals surface area contributed by atoms with Crippen LogP contribution in [0.3, 0.4) is 0 Å². The minimum Gasteiger partial charge on any atom is -0.310 e. The second kappa shape index (κ2) is 3.97. The number of nitrogens with zero attached hydrogens (tertiary/aromatic N) is 1. The van der Waals surface area contributed by atoms with Crippen LogP contribution >= 0.6 is 0 Å². The first-order chi connectivity index (χ1) is 6.29. The number of nitrogens with one attached hydrogen (secondary N) is 1. The van der Waals surface area contributed by atoms with E-state index in [1.54, 1.807) is 0 Å². The molecule has 1 atom stereocenters. The van der Waals surface area contributed by atoms with Crippen LogP contribution in [-0.2, 0) is 0 Å². The minimum atomic E-state index is 0.419. The molecule has 2 nitrogen and oxygen atoms in total. The summed E-state index contributed by atoms with van der Waals surface area (Å²) in [7, 11) is 0. The summed E-state index contributed by atoms with van der Waals surface area (Å²) in [5.41, 5.74) is 0.419. The third kappa shape index (κ3) is 2.44. The first-order valence-electron chi connectivity index (χ1n) is 5.76. The monoisotopic (exact) mass is 182 g/mol. The highest BCUT2D eigenvalue weighted by molar-refractivity contribution is 4.90. The molecule has 2 heteroatoms. The zero-order valence-electron chi connectivity index (χ0n) is 8.81. The lowest BCUT2D eigenvalue weighted by Gasteiger charge is -2.38. The summed E-state index contributed by atoms with van der Waals surface area (Å²) in [6.45, 7) is 7.55. The van der Waals surface area contributed by atoms with Crippen LogP contribution in [0.5, 0.6) is 0 Å². The van der Waals surface area contributed by atoms with E-state index in [2.05, 4.69) is 17.1 Å². The van der Waals surface area contributed by atoms with Gasteiger partial charge in [-0.1, -0.05) is 6.42 Å². The van der Waals surface area contributed by atoms with E-state index >= 15 is 0 Å². The summed E-state index contributed by atoms with van der Waals surface area (Å²) in [6.07, 6.45) is 6.97. The van der Waals surface area contributed by atoms with Gasteiger partial charge >= 0.3 is 0 Å². The molecule has 0 aromatic heterocycles. The van der Waals surface area contributed by atoms with Crippen LogP contribution in [-0.4, -0.2) is 36.6 Å². The molecule has 1 unspecified atom stereocenters. The van der Waals surface area contributed by atoms with Gasteiger partial charge < -0.3 is 10.2 Å². The molecule has 2 rings (SSSR count). The number of hydrogen-bond acceptors (Lipinski definition) is 2. The molecule has 1 N–H and O–H groups in total. The fourth-order valence-corrected chi connectivity index (χ4v) is 2.69. The maximum atomic E-state index is 3.68. The molecule has 2 saturated heterocycles. The maximum absolute atomic E-state index is 3.68. The molecule has 0 aromatic carbocycles. The molecular weight excluding hydrogens is 160 g/mol. The van der Waals surface area contributed by atoms with Crippen LogP contribution in [0.2, 0.25) is 0 Å². The van der Waals surface area contributed by atoms with E-state index in [0.29, 0.717) is 5.54 Å². The Morgan fingerprint density at radius 1 is 1.15 bits per heavy atom. The largest absolute Gasteiger partial charge is 0.310 e. The lowest BCUT2D eigenvalue weighted by atomic mass is 9.90. The summed E-state index contributed by atoms with van der Waals surface area (Å²) in [5.74, 6) is 0. The van der Waals surface area contributed by atoms with Gasteiger partial charge in [-0.25, -0.2) is 0 Å². The van der Waals surface area contributed by atoms with Gasteiger partial charge in [-0.05, 0) is 52.2 Å². The number of hydrogen-bond donors (Lipinski definition) is 1. The zero-order valence-corrected chi connectivity index (χ0v) is 8.81. The Kier molecular flexibility index (Phi) is 2.89. The normalized spacial score (nSPS) is 36.7. The fraction of sp³-hybridized carbons (Fsp3) is 1.00. The van der Waals surface area contributed by atoms with E-state index in [-0.39, 0.29) is 0 Å². The molecule has 2 aliphatic heterocycles. The summed E-state index contributed by atoms with van der Waals surface area (Å²) < 4.78 is 0. The maximum Gasteiger partial charge on any atom is 0.0280 e. The minimum absolute atomic E-state index is 0.419. The molecule has 0 spiro atoms. The van der Waals surface area contributed by atoms with Crippen LogP contribution in [0, 0.1) is 0 Å². The van der Waals surface area contributed by atoms with Gasteiger partial charge in [0.15, 0.2) is 0 Å². The third-order valence-electron chi connectivity index (χ3n) is 3.48. The predicted octanol–water partition coefficient (Wildman–Crippen LogP) is 1.61. The van der Waals surface area contributed by atoms with Crippen molar-refractivity contribution < 1.29 is 0 Å². The summed E-state index contributed by atoms with van der Waals surface area (Å²) in [6, 6.07) is 0. The molecule has 0 aromatic rings. The summed E-state index contributed by atoms with van der Waals surface area (Å²) in [5, 5.41) is 3.68. The average molecular weight is 182 g/mol. The molecule has 0 aliphatic carbocycles. The van der Waals surface area contributed by atoms with Crippen molar-refractivity contribution in [1.29, 1.82) is 0 Å². The van der Waals surface area contributed by atoms with Crippen molar-refractivity contribution in [3.63, 3.8) is 0 Å². The molecule has 0 saturated carbocycles. The fourth-order valence-electron chi connectivity index (χ4n) is 2.69. The Morgan fingerprint density at radius 3 is 2.54 bits per heavy atom. The van der Waals surface area contributed by atoms with Gasteiger partial charge in [0.25, 0.3) is 0 Å². The van der Waals surface area contributed by atoms with Gasteiger partial charge in [0.05, 0.1) is 0 Å². The second-order valence-corrected chi connectivity index (χ2v) is 4.93. The highest BCUT2D eigenvalue weighted by Gasteiger charge is 2.29. The molecule has 0 bridgehead atoms. The van der Waals surface area contributed by atoms with E-state index < -0.39 is 0 Å². The van der Waals surface area contributed by atoms with Gasteiger partial charge in [0, 0.05) is 12.1 Å². The highest BCUT2D eigenvalue weighted by atomic mass is 15.2. The SMILES string of the molecule is CC1(CN2CCCC2)CCCCN1. The van der Waals surface area contributed by atoms with Gasteiger partial charge in [0.2, 0.25) is 0 Å². The average Bonchev–Trinajstić information content (AvgIpc) is 2.57. The quantitative estimate of drug-likeness (QED) is 0.698. The molecule has 13 heavy (non-hydrogen) atoms.